The molecule has 136 valence electrons. The third-order valence-electron chi connectivity index (χ3n) is 4.62. The van der Waals surface area contributed by atoms with Crippen LogP contribution in [0.1, 0.15) is 0 Å². The highest BCUT2D eigenvalue weighted by molar-refractivity contribution is 6.30. The molecule has 7 heteroatoms. The molecular weight excluding hydrogens is 379 g/mol. The Morgan fingerprint density at radius 3 is 2.82 bits per heavy atom. The Balaban J connectivity index is 1.90. The first kappa shape index (κ1) is 16.6. The molecule has 1 N–H and O–H groups in total. The smallest absolute Gasteiger partial charge is 0.304 e. The largest absolute Gasteiger partial charge is 0.331 e. The number of hydrogen-bond donors (Lipinski definition) is 1. The molecule has 5 nitrogen and oxygen atoms in total. The van der Waals surface area contributed by atoms with Gasteiger partial charge in [-0.1, -0.05) is 29.8 Å². The number of aromatic amines is 1. The predicted octanol–water partition coefficient (Wildman–Crippen LogP) is 4.72. The second-order valence-electron chi connectivity index (χ2n) is 6.33. The monoisotopic (exact) mass is 390 g/mol. The summed E-state index contributed by atoms with van der Waals surface area (Å²) in [7, 11) is 0. The van der Waals surface area contributed by atoms with E-state index >= 15 is 0 Å². The lowest BCUT2D eigenvalue weighted by atomic mass is 10.1. The minimum absolute atomic E-state index is 0.272. The van der Waals surface area contributed by atoms with Gasteiger partial charge in [-0.15, -0.1) is 0 Å². The van der Waals surface area contributed by atoms with Crippen molar-refractivity contribution in [3.63, 3.8) is 0 Å². The molecule has 3 heterocycles. The van der Waals surface area contributed by atoms with Gasteiger partial charge in [-0.05, 0) is 36.4 Å². The number of H-pyrrole nitrogens is 1. The minimum Gasteiger partial charge on any atom is -0.304 e. The minimum atomic E-state index is -0.436. The number of benzene rings is 2. The fourth-order valence-electron chi connectivity index (χ4n) is 3.37. The van der Waals surface area contributed by atoms with Gasteiger partial charge in [0.2, 0.25) is 0 Å². The molecule has 0 fully saturated rings. The van der Waals surface area contributed by atoms with E-state index in [-0.39, 0.29) is 11.3 Å². The van der Waals surface area contributed by atoms with E-state index < -0.39 is 5.82 Å². The molecular formula is C21H12ClFN4O. The van der Waals surface area contributed by atoms with Crippen molar-refractivity contribution >= 4 is 33.5 Å². The molecule has 0 radical (unpaired) electrons. The molecule has 0 amide bonds. The van der Waals surface area contributed by atoms with Crippen LogP contribution in [0.25, 0.3) is 38.9 Å². The average molecular weight is 391 g/mol. The highest BCUT2D eigenvalue weighted by atomic mass is 35.5. The summed E-state index contributed by atoms with van der Waals surface area (Å²) in [4.78, 5) is 24.2. The lowest BCUT2D eigenvalue weighted by Crippen LogP contribution is -2.15. The van der Waals surface area contributed by atoms with Gasteiger partial charge in [0.1, 0.15) is 5.82 Å². The number of hydrogen-bond acceptors (Lipinski definition) is 3. The van der Waals surface area contributed by atoms with Crippen LogP contribution in [0, 0.1) is 5.82 Å². The molecule has 0 spiro atoms. The summed E-state index contributed by atoms with van der Waals surface area (Å²) in [5, 5.41) is 1.18. The second-order valence-corrected chi connectivity index (χ2v) is 6.76. The number of pyridine rings is 2. The molecule has 0 aliphatic heterocycles. The van der Waals surface area contributed by atoms with Crippen molar-refractivity contribution in [3.8, 4) is 16.9 Å². The van der Waals surface area contributed by atoms with Crippen molar-refractivity contribution in [1.82, 2.24) is 19.5 Å². The lowest BCUT2D eigenvalue weighted by molar-refractivity contribution is 0.631. The summed E-state index contributed by atoms with van der Waals surface area (Å²) in [6.45, 7) is 0. The van der Waals surface area contributed by atoms with Crippen LogP contribution in [0.2, 0.25) is 5.02 Å². The summed E-state index contributed by atoms with van der Waals surface area (Å²) in [5.74, 6) is -0.436. The van der Waals surface area contributed by atoms with E-state index in [1.807, 2.05) is 24.3 Å². The summed E-state index contributed by atoms with van der Waals surface area (Å²) in [5.41, 5.74) is 2.89. The van der Waals surface area contributed by atoms with E-state index in [1.165, 1.54) is 18.2 Å². The second kappa shape index (κ2) is 6.28. The zero-order valence-electron chi connectivity index (χ0n) is 14.4. The Kier molecular flexibility index (Phi) is 3.74. The van der Waals surface area contributed by atoms with Gasteiger partial charge in [0, 0.05) is 22.2 Å². The van der Waals surface area contributed by atoms with Gasteiger partial charge in [0.15, 0.2) is 0 Å². The molecule has 0 atom stereocenters. The number of fused-ring (bicyclic) bond motifs is 2. The van der Waals surface area contributed by atoms with Gasteiger partial charge in [0.05, 0.1) is 34.1 Å². The first-order chi connectivity index (χ1) is 13.6. The number of imidazole rings is 1. The number of aromatic nitrogens is 4. The normalized spacial score (nSPS) is 11.4. The van der Waals surface area contributed by atoms with Crippen LogP contribution in [0.3, 0.4) is 0 Å². The van der Waals surface area contributed by atoms with Crippen LogP contribution in [-0.4, -0.2) is 19.5 Å². The Morgan fingerprint density at radius 2 is 1.93 bits per heavy atom. The molecule has 5 rings (SSSR count). The maximum Gasteiger partial charge on any atom is 0.331 e. The Bertz CT molecular complexity index is 1420. The van der Waals surface area contributed by atoms with E-state index in [0.29, 0.717) is 33.0 Å². The highest BCUT2D eigenvalue weighted by Gasteiger charge is 2.16. The molecule has 0 unspecified atom stereocenters. The number of nitrogens with one attached hydrogen (secondary N) is 1. The number of nitrogens with zero attached hydrogens (tertiary/aromatic N) is 3. The van der Waals surface area contributed by atoms with Crippen molar-refractivity contribution in [2.75, 3.05) is 0 Å². The third-order valence-corrected chi connectivity index (χ3v) is 4.86. The summed E-state index contributed by atoms with van der Waals surface area (Å²) >= 11 is 6.07. The maximum absolute atomic E-state index is 14.5. The van der Waals surface area contributed by atoms with Crippen molar-refractivity contribution in [2.24, 2.45) is 0 Å². The molecule has 0 saturated carbocycles. The van der Waals surface area contributed by atoms with Crippen LogP contribution < -0.4 is 5.69 Å². The molecule has 0 saturated heterocycles. The van der Waals surface area contributed by atoms with Crippen LogP contribution in [0.15, 0.2) is 71.8 Å². The van der Waals surface area contributed by atoms with E-state index in [2.05, 4.69) is 15.0 Å². The fourth-order valence-corrected chi connectivity index (χ4v) is 3.54. The first-order valence-electron chi connectivity index (χ1n) is 8.52. The van der Waals surface area contributed by atoms with Crippen LogP contribution in [-0.2, 0) is 0 Å². The zero-order chi connectivity index (χ0) is 19.3. The SMILES string of the molecule is O=c1[nH]c2cnccc2n1-c1cc(-c2cc(Cl)ccc2F)nc2ccccc12. The zero-order valence-corrected chi connectivity index (χ0v) is 15.1. The maximum atomic E-state index is 14.5. The Hall–Kier alpha value is -3.51. The lowest BCUT2D eigenvalue weighted by Gasteiger charge is -2.12. The van der Waals surface area contributed by atoms with Gasteiger partial charge in [0.25, 0.3) is 0 Å². The standard InChI is InChI=1S/C21H12ClFN4O/c22-12-5-6-15(23)14(9-12)17-10-20(13-3-1-2-4-16(13)25-17)27-19-7-8-24-11-18(19)26-21(27)28/h1-11H,(H,26,28). The van der Waals surface area contributed by atoms with Crippen molar-refractivity contribution in [3.05, 3.63) is 88.3 Å². The Labute approximate surface area is 163 Å². The molecule has 0 bridgehead atoms. The molecule has 2 aromatic carbocycles. The van der Waals surface area contributed by atoms with Crippen molar-refractivity contribution in [1.29, 1.82) is 0 Å². The molecule has 0 aliphatic rings. The van der Waals surface area contributed by atoms with Crippen LogP contribution >= 0.6 is 11.6 Å². The van der Waals surface area contributed by atoms with Gasteiger partial charge in [-0.3, -0.25) is 9.55 Å². The molecule has 0 aliphatic carbocycles. The number of halogens is 2. The van der Waals surface area contributed by atoms with E-state index in [1.54, 1.807) is 29.1 Å². The molecule has 5 aromatic rings. The predicted molar refractivity (Wildman–Crippen MR) is 107 cm³/mol. The summed E-state index contributed by atoms with van der Waals surface area (Å²) < 4.78 is 16.0. The van der Waals surface area contributed by atoms with Crippen molar-refractivity contribution < 1.29 is 4.39 Å². The quantitative estimate of drug-likeness (QED) is 0.474. The Morgan fingerprint density at radius 1 is 1.07 bits per heavy atom. The van der Waals surface area contributed by atoms with E-state index in [9.17, 15) is 9.18 Å². The van der Waals surface area contributed by atoms with Gasteiger partial charge in [-0.25, -0.2) is 14.2 Å². The van der Waals surface area contributed by atoms with Gasteiger partial charge >= 0.3 is 5.69 Å². The molecule has 3 aromatic heterocycles. The number of rotatable bonds is 2. The molecule has 28 heavy (non-hydrogen) atoms. The van der Waals surface area contributed by atoms with E-state index in [0.717, 1.165) is 5.39 Å². The van der Waals surface area contributed by atoms with Gasteiger partial charge in [-0.2, -0.15) is 0 Å². The summed E-state index contributed by atoms with van der Waals surface area (Å²) in [6.07, 6.45) is 3.21. The van der Waals surface area contributed by atoms with Crippen LogP contribution in [0.4, 0.5) is 4.39 Å². The first-order valence-corrected chi connectivity index (χ1v) is 8.90. The van der Waals surface area contributed by atoms with Crippen LogP contribution in [0.5, 0.6) is 0 Å². The average Bonchev–Trinajstić information content (AvgIpc) is 3.04. The highest BCUT2D eigenvalue weighted by Crippen LogP contribution is 2.31. The fraction of sp³-hybridized carbons (Fsp3) is 0. The van der Waals surface area contributed by atoms with E-state index in [4.69, 9.17) is 11.6 Å². The summed E-state index contributed by atoms with van der Waals surface area (Å²) in [6, 6.07) is 15.2. The topological polar surface area (TPSA) is 63.6 Å². The third kappa shape index (κ3) is 2.58. The number of para-hydroxylation sites is 1. The van der Waals surface area contributed by atoms with Crippen molar-refractivity contribution in [2.45, 2.75) is 0 Å². The van der Waals surface area contributed by atoms with Gasteiger partial charge < -0.3 is 4.98 Å².